The lowest BCUT2D eigenvalue weighted by Crippen LogP contribution is -2.07. The van der Waals surface area contributed by atoms with Gasteiger partial charge in [0.25, 0.3) is 0 Å². The van der Waals surface area contributed by atoms with E-state index in [9.17, 15) is 19.8 Å². The summed E-state index contributed by atoms with van der Waals surface area (Å²) in [6, 6.07) is 20.2. The Morgan fingerprint density at radius 3 is 2.00 bits per heavy atom. The van der Waals surface area contributed by atoms with Crippen molar-refractivity contribution in [3.63, 3.8) is 0 Å². The molecule has 218 valence electrons. The van der Waals surface area contributed by atoms with Crippen molar-refractivity contribution in [2.24, 2.45) is 0 Å². The molecule has 0 bridgehead atoms. The third-order valence-corrected chi connectivity index (χ3v) is 6.49. The van der Waals surface area contributed by atoms with Crippen LogP contribution in [-0.2, 0) is 15.9 Å². The fourth-order valence-corrected chi connectivity index (χ4v) is 4.47. The molecule has 9 heteroatoms. The predicted octanol–water partition coefficient (Wildman–Crippen LogP) is 6.47. The van der Waals surface area contributed by atoms with Gasteiger partial charge in [-0.1, -0.05) is 12.1 Å². The molecular formula is C33H33NO8. The van der Waals surface area contributed by atoms with Gasteiger partial charge in [-0.3, -0.25) is 0 Å². The highest BCUT2D eigenvalue weighted by molar-refractivity contribution is 5.92. The molecule has 4 aromatic carbocycles. The van der Waals surface area contributed by atoms with Crippen LogP contribution in [0.25, 0.3) is 11.1 Å². The molecule has 4 rings (SSSR count). The average Bonchev–Trinajstić information content (AvgIpc) is 2.98. The molecule has 0 saturated carbocycles. The van der Waals surface area contributed by atoms with Gasteiger partial charge in [0, 0.05) is 29.3 Å². The van der Waals surface area contributed by atoms with Gasteiger partial charge < -0.3 is 34.5 Å². The molecule has 0 fully saturated rings. The van der Waals surface area contributed by atoms with Crippen LogP contribution in [0.4, 0.5) is 11.4 Å². The number of rotatable bonds is 10. The largest absolute Gasteiger partial charge is 0.508 e. The Morgan fingerprint density at radius 2 is 1.36 bits per heavy atom. The van der Waals surface area contributed by atoms with Crippen LogP contribution in [0.15, 0.2) is 72.8 Å². The quantitative estimate of drug-likeness (QED) is 0.145. The van der Waals surface area contributed by atoms with Gasteiger partial charge in [-0.05, 0) is 79.6 Å². The monoisotopic (exact) mass is 571 g/mol. The molecule has 0 aliphatic rings. The standard InChI is InChI=1S/C33H33NO8/c1-19(2)42-31-15-20(14-23-16-21(32(37)40-4)7-12-28(23)35)6-10-26(31)25-11-9-24(18-30(25)39-3)34-27-17-22(33(38)41-5)8-13-29(27)36/h6-13,15-19,34-36H,14H2,1-5H3. The number of hydrogen-bond donors (Lipinski definition) is 3. The fourth-order valence-electron chi connectivity index (χ4n) is 4.47. The zero-order valence-corrected chi connectivity index (χ0v) is 24.1. The molecule has 0 radical (unpaired) electrons. The maximum absolute atomic E-state index is 12.0. The third kappa shape index (κ3) is 6.75. The van der Waals surface area contributed by atoms with E-state index in [1.807, 2.05) is 44.2 Å². The van der Waals surface area contributed by atoms with Crippen molar-refractivity contribution in [2.45, 2.75) is 26.4 Å². The number of aromatic hydroxyl groups is 2. The third-order valence-electron chi connectivity index (χ3n) is 6.49. The fraction of sp³-hybridized carbons (Fsp3) is 0.212. The van der Waals surface area contributed by atoms with Crippen LogP contribution in [0.1, 0.15) is 45.7 Å². The van der Waals surface area contributed by atoms with Crippen molar-refractivity contribution in [1.29, 1.82) is 0 Å². The Bertz CT molecular complexity index is 1610. The number of carbonyl (C=O) groups is 2. The number of ether oxygens (including phenoxy) is 4. The number of carbonyl (C=O) groups excluding carboxylic acids is 2. The first-order valence-corrected chi connectivity index (χ1v) is 13.2. The highest BCUT2D eigenvalue weighted by atomic mass is 16.5. The minimum Gasteiger partial charge on any atom is -0.508 e. The minimum absolute atomic E-state index is 0.0305. The van der Waals surface area contributed by atoms with Crippen LogP contribution in [0.2, 0.25) is 0 Å². The average molecular weight is 572 g/mol. The Labute approximate surface area is 244 Å². The Morgan fingerprint density at radius 1 is 0.738 bits per heavy atom. The summed E-state index contributed by atoms with van der Waals surface area (Å²) in [7, 11) is 4.17. The molecule has 0 spiro atoms. The summed E-state index contributed by atoms with van der Waals surface area (Å²) in [5.41, 5.74) is 4.61. The second kappa shape index (κ2) is 13.0. The van der Waals surface area contributed by atoms with E-state index in [1.54, 1.807) is 19.2 Å². The summed E-state index contributed by atoms with van der Waals surface area (Å²) in [6.07, 6.45) is 0.242. The molecule has 0 heterocycles. The van der Waals surface area contributed by atoms with Gasteiger partial charge in [-0.15, -0.1) is 0 Å². The van der Waals surface area contributed by atoms with E-state index < -0.39 is 11.9 Å². The Hall–Kier alpha value is -5.18. The van der Waals surface area contributed by atoms with E-state index in [1.165, 1.54) is 44.6 Å². The normalized spacial score (nSPS) is 10.7. The highest BCUT2D eigenvalue weighted by Crippen LogP contribution is 2.40. The summed E-state index contributed by atoms with van der Waals surface area (Å²) in [5, 5.41) is 23.9. The van der Waals surface area contributed by atoms with E-state index >= 15 is 0 Å². The minimum atomic E-state index is -0.515. The van der Waals surface area contributed by atoms with Crippen LogP contribution in [0.5, 0.6) is 23.0 Å². The second-order valence-corrected chi connectivity index (χ2v) is 9.77. The van der Waals surface area contributed by atoms with Crippen LogP contribution < -0.4 is 14.8 Å². The topological polar surface area (TPSA) is 124 Å². The lowest BCUT2D eigenvalue weighted by atomic mass is 9.97. The van der Waals surface area contributed by atoms with Crippen LogP contribution in [-0.4, -0.2) is 49.6 Å². The molecule has 0 saturated heterocycles. The van der Waals surface area contributed by atoms with E-state index in [-0.39, 0.29) is 17.6 Å². The molecule has 3 N–H and O–H groups in total. The summed E-state index contributed by atoms with van der Waals surface area (Å²) >= 11 is 0. The first-order valence-electron chi connectivity index (χ1n) is 13.2. The van der Waals surface area contributed by atoms with Gasteiger partial charge in [-0.25, -0.2) is 9.59 Å². The molecule has 0 unspecified atom stereocenters. The van der Waals surface area contributed by atoms with E-state index in [0.29, 0.717) is 46.0 Å². The Kier molecular flexibility index (Phi) is 9.22. The van der Waals surface area contributed by atoms with Gasteiger partial charge >= 0.3 is 11.9 Å². The number of anilines is 2. The molecule has 0 amide bonds. The van der Waals surface area contributed by atoms with Crippen LogP contribution >= 0.6 is 0 Å². The van der Waals surface area contributed by atoms with Crippen molar-refractivity contribution in [1.82, 2.24) is 0 Å². The first-order chi connectivity index (χ1) is 20.1. The van der Waals surface area contributed by atoms with E-state index in [0.717, 1.165) is 16.7 Å². The summed E-state index contributed by atoms with van der Waals surface area (Å²) in [5.74, 6) is 0.218. The zero-order chi connectivity index (χ0) is 30.4. The molecule has 0 aromatic heterocycles. The smallest absolute Gasteiger partial charge is 0.337 e. The maximum atomic E-state index is 12.0. The maximum Gasteiger partial charge on any atom is 0.337 e. The number of methoxy groups -OCH3 is 3. The second-order valence-electron chi connectivity index (χ2n) is 9.77. The van der Waals surface area contributed by atoms with Crippen LogP contribution in [0, 0.1) is 0 Å². The molecule has 9 nitrogen and oxygen atoms in total. The molecule has 0 aliphatic carbocycles. The molecule has 4 aromatic rings. The number of phenolic OH excluding ortho intramolecular Hbond substituents is 2. The number of esters is 2. The SMILES string of the molecule is COC(=O)c1ccc(O)c(Cc2ccc(-c3ccc(Nc4cc(C(=O)OC)ccc4O)cc3OC)c(OC(C)C)c2)c1. The predicted molar refractivity (Wildman–Crippen MR) is 159 cm³/mol. The van der Waals surface area contributed by atoms with Gasteiger partial charge in [0.2, 0.25) is 0 Å². The van der Waals surface area contributed by atoms with Gasteiger partial charge in [0.1, 0.15) is 23.0 Å². The zero-order valence-electron chi connectivity index (χ0n) is 24.1. The van der Waals surface area contributed by atoms with Crippen molar-refractivity contribution in [3.8, 4) is 34.1 Å². The summed E-state index contributed by atoms with van der Waals surface area (Å²) in [6.45, 7) is 3.86. The van der Waals surface area contributed by atoms with Crippen molar-refractivity contribution in [2.75, 3.05) is 26.6 Å². The van der Waals surface area contributed by atoms with Gasteiger partial charge in [-0.2, -0.15) is 0 Å². The van der Waals surface area contributed by atoms with E-state index in [4.69, 9.17) is 18.9 Å². The van der Waals surface area contributed by atoms with Crippen molar-refractivity contribution in [3.05, 3.63) is 95.1 Å². The molecular weight excluding hydrogens is 538 g/mol. The Balaban J connectivity index is 1.68. The van der Waals surface area contributed by atoms with Gasteiger partial charge in [0.05, 0.1) is 44.2 Å². The lowest BCUT2D eigenvalue weighted by Gasteiger charge is -2.19. The van der Waals surface area contributed by atoms with Crippen molar-refractivity contribution >= 4 is 23.3 Å². The number of phenols is 2. The molecule has 42 heavy (non-hydrogen) atoms. The highest BCUT2D eigenvalue weighted by Gasteiger charge is 2.17. The van der Waals surface area contributed by atoms with Gasteiger partial charge in [0.15, 0.2) is 0 Å². The summed E-state index contributed by atoms with van der Waals surface area (Å²) < 4.78 is 21.5. The number of nitrogens with one attached hydrogen (secondary N) is 1. The number of hydrogen-bond acceptors (Lipinski definition) is 9. The van der Waals surface area contributed by atoms with Crippen molar-refractivity contribution < 1.29 is 38.7 Å². The lowest BCUT2D eigenvalue weighted by molar-refractivity contribution is 0.0592. The molecule has 0 aliphatic heterocycles. The molecule has 0 atom stereocenters. The van der Waals surface area contributed by atoms with Crippen LogP contribution in [0.3, 0.4) is 0 Å². The first kappa shape index (κ1) is 29.8. The van der Waals surface area contributed by atoms with E-state index in [2.05, 4.69) is 5.32 Å². The number of benzene rings is 4. The summed E-state index contributed by atoms with van der Waals surface area (Å²) in [4.78, 5) is 23.9.